The van der Waals surface area contributed by atoms with E-state index in [0.717, 1.165) is 10.7 Å². The van der Waals surface area contributed by atoms with E-state index in [1.165, 1.54) is 0 Å². The lowest BCUT2D eigenvalue weighted by Gasteiger charge is -2.09. The Morgan fingerprint density at radius 1 is 1.22 bits per heavy atom. The van der Waals surface area contributed by atoms with Gasteiger partial charge in [0, 0.05) is 17.3 Å². The largest absolute Gasteiger partial charge is 0.351 e. The number of amides is 1. The molecule has 0 atom stereocenters. The summed E-state index contributed by atoms with van der Waals surface area (Å²) in [5.74, 6) is -0.833. The van der Waals surface area contributed by atoms with E-state index >= 15 is 0 Å². The Labute approximate surface area is 146 Å². The minimum Gasteiger partial charge on any atom is -0.351 e. The summed E-state index contributed by atoms with van der Waals surface area (Å²) >= 11 is 6.27. The molecule has 0 aromatic heterocycles. The lowest BCUT2D eigenvalue weighted by atomic mass is 10.2. The van der Waals surface area contributed by atoms with E-state index in [1.807, 2.05) is 12.1 Å². The van der Waals surface area contributed by atoms with Crippen molar-refractivity contribution in [2.75, 3.05) is 12.3 Å². The molecule has 100 valence electrons. The molecule has 0 aliphatic carbocycles. The van der Waals surface area contributed by atoms with E-state index in [9.17, 15) is 13.2 Å². The van der Waals surface area contributed by atoms with Crippen molar-refractivity contribution < 1.29 is 17.8 Å². The first-order valence-corrected chi connectivity index (χ1v) is 9.43. The van der Waals surface area contributed by atoms with Crippen LogP contribution in [0.1, 0.15) is 10.4 Å². The van der Waals surface area contributed by atoms with Gasteiger partial charge in [-0.2, -0.15) is 8.42 Å². The fraction of sp³-hybridized carbons (Fsp3) is 0.222. The molecule has 18 heavy (non-hydrogen) atoms. The highest BCUT2D eigenvalue weighted by atomic mass is 127. The fourth-order valence-corrected chi connectivity index (χ4v) is 5.57. The van der Waals surface area contributed by atoms with E-state index < -0.39 is 15.9 Å². The summed E-state index contributed by atoms with van der Waals surface area (Å²) in [4.78, 5) is 11.9. The van der Waals surface area contributed by atoms with Crippen molar-refractivity contribution in [3.8, 4) is 0 Å². The zero-order chi connectivity index (χ0) is 13.9. The quantitative estimate of drug-likeness (QED) is 0.407. The van der Waals surface area contributed by atoms with Crippen molar-refractivity contribution in [1.82, 2.24) is 5.32 Å². The van der Waals surface area contributed by atoms with Crippen LogP contribution in [0.15, 0.2) is 12.1 Å². The minimum atomic E-state index is -4.05. The van der Waals surface area contributed by atoms with Gasteiger partial charge in [0.15, 0.2) is 0 Å². The maximum Gasteiger partial charge on any atom is 0.266 e. The zero-order valence-corrected chi connectivity index (χ0v) is 16.1. The van der Waals surface area contributed by atoms with E-state index in [4.69, 9.17) is 4.55 Å². The van der Waals surface area contributed by atoms with Gasteiger partial charge >= 0.3 is 0 Å². The number of benzene rings is 1. The molecule has 0 heterocycles. The van der Waals surface area contributed by atoms with Crippen LogP contribution >= 0.6 is 67.8 Å². The van der Waals surface area contributed by atoms with Gasteiger partial charge in [0.05, 0.1) is 11.3 Å². The first-order valence-electron chi connectivity index (χ1n) is 4.58. The van der Waals surface area contributed by atoms with E-state index in [2.05, 4.69) is 73.1 Å². The number of halogens is 3. The van der Waals surface area contributed by atoms with Gasteiger partial charge in [-0.1, -0.05) is 0 Å². The molecule has 2 N–H and O–H groups in total. The number of nitrogens with one attached hydrogen (secondary N) is 1. The SMILES string of the molecule is O=C(NCCS(=O)(=O)O)c1c(I)cc(I)cc1I. The molecule has 1 rings (SSSR count). The van der Waals surface area contributed by atoms with Crippen LogP contribution < -0.4 is 5.32 Å². The summed E-state index contributed by atoms with van der Waals surface area (Å²) in [6.45, 7) is -0.115. The smallest absolute Gasteiger partial charge is 0.266 e. The Bertz CT molecular complexity index is 550. The lowest BCUT2D eigenvalue weighted by Crippen LogP contribution is -2.30. The normalized spacial score (nSPS) is 11.3. The molecule has 0 unspecified atom stereocenters. The van der Waals surface area contributed by atoms with Crippen LogP contribution in [0.5, 0.6) is 0 Å². The van der Waals surface area contributed by atoms with Crippen molar-refractivity contribution in [1.29, 1.82) is 0 Å². The Morgan fingerprint density at radius 3 is 2.17 bits per heavy atom. The van der Waals surface area contributed by atoms with Crippen molar-refractivity contribution in [2.24, 2.45) is 0 Å². The molecule has 9 heteroatoms. The number of carbonyl (C=O) groups is 1. The van der Waals surface area contributed by atoms with Crippen LogP contribution in [0.4, 0.5) is 0 Å². The van der Waals surface area contributed by atoms with E-state index in [-0.39, 0.29) is 12.5 Å². The van der Waals surface area contributed by atoms with Gasteiger partial charge in [-0.25, -0.2) is 0 Å². The highest BCUT2D eigenvalue weighted by molar-refractivity contribution is 14.1. The van der Waals surface area contributed by atoms with Gasteiger partial charge in [0.1, 0.15) is 0 Å². The van der Waals surface area contributed by atoms with Crippen LogP contribution in [0.3, 0.4) is 0 Å². The topological polar surface area (TPSA) is 83.5 Å². The van der Waals surface area contributed by atoms with Gasteiger partial charge in [0.2, 0.25) is 0 Å². The molecular formula is C9H8I3NO4S. The summed E-state index contributed by atoms with van der Waals surface area (Å²) in [5, 5.41) is 2.47. The summed E-state index contributed by atoms with van der Waals surface area (Å²) in [5.41, 5.74) is 0.520. The van der Waals surface area contributed by atoms with Crippen LogP contribution in [0.2, 0.25) is 0 Å². The molecule has 0 spiro atoms. The summed E-state index contributed by atoms with van der Waals surface area (Å²) < 4.78 is 32.2. The Kier molecular flexibility index (Phi) is 6.54. The molecule has 0 aliphatic heterocycles. The summed E-state index contributed by atoms with van der Waals surface area (Å²) in [7, 11) is -4.05. The predicted molar refractivity (Wildman–Crippen MR) is 93.3 cm³/mol. The van der Waals surface area contributed by atoms with Crippen LogP contribution in [0.25, 0.3) is 0 Å². The predicted octanol–water partition coefficient (Wildman–Crippen LogP) is 2.12. The Hall–Kier alpha value is 0.790. The van der Waals surface area contributed by atoms with E-state index in [0.29, 0.717) is 5.56 Å². The van der Waals surface area contributed by atoms with Crippen molar-refractivity contribution in [3.63, 3.8) is 0 Å². The number of hydrogen-bond acceptors (Lipinski definition) is 3. The van der Waals surface area contributed by atoms with Gasteiger partial charge in [0.25, 0.3) is 16.0 Å². The third kappa shape index (κ3) is 5.42. The fourth-order valence-electron chi connectivity index (χ4n) is 1.14. The molecule has 0 saturated heterocycles. The molecule has 1 aromatic rings. The second-order valence-corrected chi connectivity index (χ2v) is 8.43. The highest BCUT2D eigenvalue weighted by Crippen LogP contribution is 2.22. The average Bonchev–Trinajstić information content (AvgIpc) is 2.13. The first kappa shape index (κ1) is 16.8. The molecule has 0 saturated carbocycles. The third-order valence-electron chi connectivity index (χ3n) is 1.88. The second-order valence-electron chi connectivity index (χ2n) is 3.29. The van der Waals surface area contributed by atoms with E-state index in [1.54, 1.807) is 0 Å². The lowest BCUT2D eigenvalue weighted by molar-refractivity contribution is 0.0954. The molecule has 1 amide bonds. The Balaban J connectivity index is 2.80. The minimum absolute atomic E-state index is 0.115. The molecule has 0 radical (unpaired) electrons. The third-order valence-corrected chi connectivity index (χ3v) is 4.92. The second kappa shape index (κ2) is 6.99. The summed E-state index contributed by atoms with van der Waals surface area (Å²) in [6, 6.07) is 3.72. The van der Waals surface area contributed by atoms with Crippen molar-refractivity contribution in [3.05, 3.63) is 28.4 Å². The number of hydrogen-bond donors (Lipinski definition) is 2. The monoisotopic (exact) mass is 607 g/mol. The number of rotatable bonds is 4. The standard InChI is InChI=1S/C9H8I3NO4S/c10-5-3-6(11)8(7(12)4-5)9(14)13-1-2-18(15,16)17/h3-4H,1-2H2,(H,13,14)(H,15,16,17). The van der Waals surface area contributed by atoms with Gasteiger partial charge in [-0.05, 0) is 79.9 Å². The van der Waals surface area contributed by atoms with Gasteiger partial charge < -0.3 is 5.32 Å². The van der Waals surface area contributed by atoms with Crippen molar-refractivity contribution in [2.45, 2.75) is 0 Å². The molecular weight excluding hydrogens is 599 g/mol. The van der Waals surface area contributed by atoms with Gasteiger partial charge in [-0.3, -0.25) is 9.35 Å². The van der Waals surface area contributed by atoms with Crippen LogP contribution in [-0.2, 0) is 10.1 Å². The van der Waals surface area contributed by atoms with Crippen LogP contribution in [0, 0.1) is 10.7 Å². The number of carbonyl (C=O) groups excluding carboxylic acids is 1. The molecule has 5 nitrogen and oxygen atoms in total. The van der Waals surface area contributed by atoms with Crippen LogP contribution in [-0.4, -0.2) is 31.2 Å². The average molecular weight is 607 g/mol. The van der Waals surface area contributed by atoms with Gasteiger partial charge in [-0.15, -0.1) is 0 Å². The molecule has 0 fully saturated rings. The maximum atomic E-state index is 11.9. The molecule has 1 aromatic carbocycles. The first-order chi connectivity index (χ1) is 8.20. The van der Waals surface area contributed by atoms with Crippen molar-refractivity contribution >= 4 is 83.8 Å². The molecule has 0 bridgehead atoms. The maximum absolute atomic E-state index is 11.9. The summed E-state index contributed by atoms with van der Waals surface area (Å²) in [6.07, 6.45) is 0. The highest BCUT2D eigenvalue weighted by Gasteiger charge is 2.15. The molecule has 0 aliphatic rings. The Morgan fingerprint density at radius 2 is 1.72 bits per heavy atom. The zero-order valence-electron chi connectivity index (χ0n) is 8.78.